The van der Waals surface area contributed by atoms with Gasteiger partial charge in [0.2, 0.25) is 0 Å². The van der Waals surface area contributed by atoms with Crippen molar-refractivity contribution < 1.29 is 0 Å². The predicted octanol–water partition coefficient (Wildman–Crippen LogP) is 3.96. The second kappa shape index (κ2) is 4.44. The van der Waals surface area contributed by atoms with Crippen molar-refractivity contribution in [3.05, 3.63) is 33.3 Å². The minimum atomic E-state index is 0.549. The van der Waals surface area contributed by atoms with E-state index < -0.39 is 0 Å². The van der Waals surface area contributed by atoms with E-state index >= 15 is 0 Å². The van der Waals surface area contributed by atoms with Crippen molar-refractivity contribution >= 4 is 27.5 Å². The fourth-order valence-electron chi connectivity index (χ4n) is 2.39. The van der Waals surface area contributed by atoms with Gasteiger partial charge in [0.15, 0.2) is 0 Å². The highest BCUT2D eigenvalue weighted by Gasteiger charge is 2.29. The lowest BCUT2D eigenvalue weighted by molar-refractivity contribution is 0.574. The van der Waals surface area contributed by atoms with Crippen LogP contribution in [-0.2, 0) is 0 Å². The first-order valence-electron chi connectivity index (χ1n) is 5.29. The molecular formula is C12H15BrClN. The van der Waals surface area contributed by atoms with Gasteiger partial charge in [-0.15, -0.1) is 0 Å². The van der Waals surface area contributed by atoms with Crippen LogP contribution in [0, 0.1) is 0 Å². The van der Waals surface area contributed by atoms with Crippen LogP contribution in [0.4, 0.5) is 0 Å². The predicted molar refractivity (Wildman–Crippen MR) is 68.6 cm³/mol. The van der Waals surface area contributed by atoms with Gasteiger partial charge in [-0.25, -0.2) is 0 Å². The zero-order chi connectivity index (χ0) is 11.0. The number of rotatable bonds is 1. The Morgan fingerprint density at radius 3 is 2.67 bits per heavy atom. The van der Waals surface area contributed by atoms with E-state index in [0.29, 0.717) is 18.0 Å². The van der Waals surface area contributed by atoms with Crippen molar-refractivity contribution in [3.63, 3.8) is 0 Å². The molecule has 1 aliphatic rings. The molecule has 1 saturated heterocycles. The fourth-order valence-corrected chi connectivity index (χ4v) is 2.90. The van der Waals surface area contributed by atoms with Crippen molar-refractivity contribution in [1.82, 2.24) is 5.32 Å². The summed E-state index contributed by atoms with van der Waals surface area (Å²) in [6.45, 7) is 4.48. The number of hydrogen-bond donors (Lipinski definition) is 1. The van der Waals surface area contributed by atoms with E-state index in [1.165, 1.54) is 12.0 Å². The molecule has 1 fully saturated rings. The zero-order valence-corrected chi connectivity index (χ0v) is 11.3. The number of benzene rings is 1. The highest BCUT2D eigenvalue weighted by atomic mass is 79.9. The summed E-state index contributed by atoms with van der Waals surface area (Å²) >= 11 is 9.47. The van der Waals surface area contributed by atoms with E-state index in [9.17, 15) is 0 Å². The summed E-state index contributed by atoms with van der Waals surface area (Å²) in [6.07, 6.45) is 1.20. The summed E-state index contributed by atoms with van der Waals surface area (Å²) in [5.74, 6) is 0.605. The molecule has 0 radical (unpaired) electrons. The number of nitrogens with one attached hydrogen (secondary N) is 1. The lowest BCUT2D eigenvalue weighted by Crippen LogP contribution is -2.26. The van der Waals surface area contributed by atoms with Crippen molar-refractivity contribution in [2.45, 2.75) is 38.3 Å². The van der Waals surface area contributed by atoms with Crippen LogP contribution < -0.4 is 5.32 Å². The molecule has 15 heavy (non-hydrogen) atoms. The summed E-state index contributed by atoms with van der Waals surface area (Å²) in [6, 6.07) is 7.40. The third-order valence-corrected chi connectivity index (χ3v) is 4.34. The largest absolute Gasteiger partial charge is 0.311 e. The highest BCUT2D eigenvalue weighted by molar-refractivity contribution is 9.10. The molecule has 2 rings (SSSR count). The molecule has 0 aliphatic carbocycles. The van der Waals surface area contributed by atoms with E-state index in [4.69, 9.17) is 11.6 Å². The SMILES string of the molecule is CC1CC(c2ccc(Cl)c(Br)c2)C(C)N1. The second-order valence-corrected chi connectivity index (χ2v) is 5.63. The lowest BCUT2D eigenvalue weighted by atomic mass is 9.92. The maximum absolute atomic E-state index is 5.99. The van der Waals surface area contributed by atoms with Crippen molar-refractivity contribution in [2.75, 3.05) is 0 Å². The van der Waals surface area contributed by atoms with E-state index in [2.05, 4.69) is 47.2 Å². The molecule has 3 atom stereocenters. The van der Waals surface area contributed by atoms with Gasteiger partial charge in [0.1, 0.15) is 0 Å². The summed E-state index contributed by atoms with van der Waals surface area (Å²) in [5.41, 5.74) is 1.37. The van der Waals surface area contributed by atoms with Crippen LogP contribution >= 0.6 is 27.5 Å². The highest BCUT2D eigenvalue weighted by Crippen LogP contribution is 2.34. The Kier molecular flexibility index (Phi) is 3.39. The van der Waals surface area contributed by atoms with Gasteiger partial charge in [0.25, 0.3) is 0 Å². The van der Waals surface area contributed by atoms with Gasteiger partial charge in [-0.1, -0.05) is 17.7 Å². The molecule has 0 saturated carbocycles. The Morgan fingerprint density at radius 2 is 2.13 bits per heavy atom. The molecule has 1 heterocycles. The summed E-state index contributed by atoms with van der Waals surface area (Å²) in [5, 5.41) is 4.33. The summed E-state index contributed by atoms with van der Waals surface area (Å²) < 4.78 is 0.994. The smallest absolute Gasteiger partial charge is 0.0548 e. The number of hydrogen-bond acceptors (Lipinski definition) is 1. The molecule has 3 heteroatoms. The molecule has 1 aromatic rings. The summed E-state index contributed by atoms with van der Waals surface area (Å²) in [4.78, 5) is 0. The minimum Gasteiger partial charge on any atom is -0.311 e. The van der Waals surface area contributed by atoms with Gasteiger partial charge < -0.3 is 5.32 Å². The van der Waals surface area contributed by atoms with Crippen LogP contribution in [0.25, 0.3) is 0 Å². The Hall–Kier alpha value is -0.0500. The maximum atomic E-state index is 5.99. The molecule has 0 spiro atoms. The van der Waals surface area contributed by atoms with Gasteiger partial charge in [-0.2, -0.15) is 0 Å². The summed E-state index contributed by atoms with van der Waals surface area (Å²) in [7, 11) is 0. The second-order valence-electron chi connectivity index (χ2n) is 4.37. The molecule has 0 aromatic heterocycles. The molecular weight excluding hydrogens is 273 g/mol. The molecule has 1 N–H and O–H groups in total. The minimum absolute atomic E-state index is 0.549. The van der Waals surface area contributed by atoms with Crippen LogP contribution in [-0.4, -0.2) is 12.1 Å². The zero-order valence-electron chi connectivity index (χ0n) is 8.93. The normalized spacial score (nSPS) is 30.8. The Morgan fingerprint density at radius 1 is 1.40 bits per heavy atom. The molecule has 0 bridgehead atoms. The number of halogens is 2. The molecule has 1 aromatic carbocycles. The Balaban J connectivity index is 2.26. The van der Waals surface area contributed by atoms with Gasteiger partial charge >= 0.3 is 0 Å². The van der Waals surface area contributed by atoms with Crippen molar-refractivity contribution in [1.29, 1.82) is 0 Å². The van der Waals surface area contributed by atoms with Gasteiger partial charge in [0, 0.05) is 22.5 Å². The Labute approximate surface area is 104 Å². The standard InChI is InChI=1S/C12H15BrClN/c1-7-5-10(8(2)15-7)9-3-4-12(14)11(13)6-9/h3-4,6-8,10,15H,5H2,1-2H3. The Bertz CT molecular complexity index is 367. The monoisotopic (exact) mass is 287 g/mol. The quantitative estimate of drug-likeness (QED) is 0.825. The maximum Gasteiger partial charge on any atom is 0.0548 e. The topological polar surface area (TPSA) is 12.0 Å². The van der Waals surface area contributed by atoms with E-state index in [1.807, 2.05) is 6.07 Å². The molecule has 1 aliphatic heterocycles. The lowest BCUT2D eigenvalue weighted by Gasteiger charge is -2.15. The van der Waals surface area contributed by atoms with Crippen molar-refractivity contribution in [2.24, 2.45) is 0 Å². The third kappa shape index (κ3) is 2.38. The molecule has 0 amide bonds. The van der Waals surface area contributed by atoms with Crippen molar-refractivity contribution in [3.8, 4) is 0 Å². The third-order valence-electron chi connectivity index (χ3n) is 3.13. The van der Waals surface area contributed by atoms with E-state index in [-0.39, 0.29) is 0 Å². The van der Waals surface area contributed by atoms with Crippen LogP contribution in [0.15, 0.2) is 22.7 Å². The first-order chi connectivity index (χ1) is 7.08. The molecule has 82 valence electrons. The van der Waals surface area contributed by atoms with Crippen LogP contribution in [0.2, 0.25) is 5.02 Å². The average molecular weight is 289 g/mol. The molecule has 1 nitrogen and oxygen atoms in total. The van der Waals surface area contributed by atoms with Gasteiger partial charge in [0.05, 0.1) is 5.02 Å². The van der Waals surface area contributed by atoms with E-state index in [0.717, 1.165) is 9.50 Å². The van der Waals surface area contributed by atoms with Crippen LogP contribution in [0.3, 0.4) is 0 Å². The first kappa shape index (κ1) is 11.4. The fraction of sp³-hybridized carbons (Fsp3) is 0.500. The molecule has 3 unspecified atom stereocenters. The first-order valence-corrected chi connectivity index (χ1v) is 6.46. The average Bonchev–Trinajstić information content (AvgIpc) is 2.50. The van der Waals surface area contributed by atoms with Crippen LogP contribution in [0.5, 0.6) is 0 Å². The van der Waals surface area contributed by atoms with Gasteiger partial charge in [-0.3, -0.25) is 0 Å². The van der Waals surface area contributed by atoms with Crippen LogP contribution in [0.1, 0.15) is 31.7 Å². The van der Waals surface area contributed by atoms with E-state index in [1.54, 1.807) is 0 Å². The van der Waals surface area contributed by atoms with Gasteiger partial charge in [-0.05, 0) is 53.9 Å².